The molecule has 18 heavy (non-hydrogen) atoms. The van der Waals surface area contributed by atoms with E-state index in [1.54, 1.807) is 0 Å². The van der Waals surface area contributed by atoms with Crippen molar-refractivity contribution in [2.24, 2.45) is 14.1 Å². The highest BCUT2D eigenvalue weighted by Crippen LogP contribution is 2.31. The van der Waals surface area contributed by atoms with E-state index in [0.717, 1.165) is 17.0 Å². The average Bonchev–Trinajstić information content (AvgIpc) is 2.83. The van der Waals surface area contributed by atoms with Gasteiger partial charge in [0.25, 0.3) is 0 Å². The van der Waals surface area contributed by atoms with Gasteiger partial charge in [-0.3, -0.25) is 0 Å². The summed E-state index contributed by atoms with van der Waals surface area (Å²) in [6.45, 7) is 2.04. The van der Waals surface area contributed by atoms with Gasteiger partial charge in [0.1, 0.15) is 0 Å². The molecular weight excluding hydrogens is 224 g/mol. The largest absolute Gasteiger partial charge is 0.369 e. The number of nitrogen functional groups attached to an aromatic ring is 1. The molecule has 0 amide bonds. The Balaban J connectivity index is 2.35. The zero-order valence-electron chi connectivity index (χ0n) is 10.8. The van der Waals surface area contributed by atoms with E-state index >= 15 is 0 Å². The summed E-state index contributed by atoms with van der Waals surface area (Å²) in [5, 5.41) is 1.21. The lowest BCUT2D eigenvalue weighted by Crippen LogP contribution is -1.97. The minimum atomic E-state index is 0.551. The first-order valence-electron chi connectivity index (χ1n) is 5.93. The maximum absolute atomic E-state index is 5.87. The van der Waals surface area contributed by atoms with Crippen molar-refractivity contribution >= 4 is 16.9 Å². The van der Waals surface area contributed by atoms with E-state index in [-0.39, 0.29) is 0 Å². The molecule has 0 unspecified atom stereocenters. The second-order valence-corrected chi connectivity index (χ2v) is 4.63. The van der Waals surface area contributed by atoms with Gasteiger partial charge in [0, 0.05) is 42.5 Å². The average molecular weight is 240 g/mol. The summed E-state index contributed by atoms with van der Waals surface area (Å²) in [6, 6.07) is 8.33. The Morgan fingerprint density at radius 2 is 1.89 bits per heavy atom. The lowest BCUT2D eigenvalue weighted by Gasteiger charge is -1.98. The van der Waals surface area contributed by atoms with E-state index in [0.29, 0.717) is 5.95 Å². The lowest BCUT2D eigenvalue weighted by molar-refractivity contribution is 0.889. The van der Waals surface area contributed by atoms with Gasteiger partial charge in [0.15, 0.2) is 0 Å². The smallest absolute Gasteiger partial charge is 0.200 e. The molecule has 92 valence electrons. The van der Waals surface area contributed by atoms with E-state index in [1.165, 1.54) is 10.9 Å². The molecule has 0 bridgehead atoms. The molecule has 0 fully saturated rings. The van der Waals surface area contributed by atoms with Gasteiger partial charge >= 0.3 is 0 Å². The predicted octanol–water partition coefficient (Wildman–Crippen LogP) is 2.47. The van der Waals surface area contributed by atoms with E-state index in [9.17, 15) is 0 Å². The first-order chi connectivity index (χ1) is 8.59. The number of nitrogens with two attached hydrogens (primary N) is 1. The molecule has 2 heterocycles. The molecule has 0 spiro atoms. The van der Waals surface area contributed by atoms with Crippen LogP contribution in [0.1, 0.15) is 5.69 Å². The molecule has 0 saturated carbocycles. The van der Waals surface area contributed by atoms with Gasteiger partial charge in [-0.1, -0.05) is 18.2 Å². The van der Waals surface area contributed by atoms with Crippen LogP contribution in [0.15, 0.2) is 30.5 Å². The molecule has 0 aliphatic rings. The van der Waals surface area contributed by atoms with Gasteiger partial charge in [0.2, 0.25) is 5.95 Å². The van der Waals surface area contributed by atoms with Crippen LogP contribution in [0.3, 0.4) is 0 Å². The van der Waals surface area contributed by atoms with Gasteiger partial charge < -0.3 is 14.9 Å². The molecule has 0 radical (unpaired) electrons. The van der Waals surface area contributed by atoms with Gasteiger partial charge in [-0.2, -0.15) is 0 Å². The third kappa shape index (κ3) is 1.35. The molecule has 1 aromatic carbocycles. The second-order valence-electron chi connectivity index (χ2n) is 4.63. The number of fused-ring (bicyclic) bond motifs is 1. The van der Waals surface area contributed by atoms with Crippen LogP contribution in [0.2, 0.25) is 0 Å². The van der Waals surface area contributed by atoms with Crippen LogP contribution < -0.4 is 5.73 Å². The van der Waals surface area contributed by atoms with E-state index in [2.05, 4.69) is 27.9 Å². The van der Waals surface area contributed by atoms with Gasteiger partial charge in [-0.15, -0.1) is 0 Å². The summed E-state index contributed by atoms with van der Waals surface area (Å²) >= 11 is 0. The lowest BCUT2D eigenvalue weighted by atomic mass is 10.1. The SMILES string of the molecule is Cc1c(-c2cn(C)c3ccccc23)nc(N)n1C. The number of anilines is 1. The van der Waals surface area contributed by atoms with Crippen LogP contribution in [0.25, 0.3) is 22.2 Å². The topological polar surface area (TPSA) is 48.8 Å². The fraction of sp³-hybridized carbons (Fsp3) is 0.214. The van der Waals surface area contributed by atoms with Crippen molar-refractivity contribution in [3.05, 3.63) is 36.2 Å². The normalized spacial score (nSPS) is 11.3. The molecule has 0 saturated heterocycles. The van der Waals surface area contributed by atoms with Crippen LogP contribution >= 0.6 is 0 Å². The van der Waals surface area contributed by atoms with Crippen LogP contribution in [0.5, 0.6) is 0 Å². The molecule has 3 rings (SSSR count). The fourth-order valence-electron chi connectivity index (χ4n) is 2.39. The molecular formula is C14H16N4. The Labute approximate surface area is 106 Å². The maximum atomic E-state index is 5.87. The molecule has 0 atom stereocenters. The van der Waals surface area contributed by atoms with Crippen molar-refractivity contribution < 1.29 is 0 Å². The number of para-hydroxylation sites is 1. The Kier molecular flexibility index (Phi) is 2.20. The summed E-state index contributed by atoms with van der Waals surface area (Å²) in [6.07, 6.45) is 2.11. The second kappa shape index (κ2) is 3.63. The number of benzene rings is 1. The van der Waals surface area contributed by atoms with Crippen LogP contribution in [0.4, 0.5) is 5.95 Å². The predicted molar refractivity (Wildman–Crippen MR) is 74.3 cm³/mol. The van der Waals surface area contributed by atoms with Crippen molar-refractivity contribution in [2.45, 2.75) is 6.92 Å². The standard InChI is InChI=1S/C14H16N4/c1-9-13(16-14(15)18(9)3)11-8-17(2)12-7-5-4-6-10(11)12/h4-8H,1-3H3,(H2,15,16). The molecule has 0 aliphatic heterocycles. The summed E-state index contributed by atoms with van der Waals surface area (Å²) in [5.41, 5.74) is 10.3. The highest BCUT2D eigenvalue weighted by molar-refractivity contribution is 5.95. The number of aromatic nitrogens is 3. The fourth-order valence-corrected chi connectivity index (χ4v) is 2.39. The number of aryl methyl sites for hydroxylation is 1. The monoisotopic (exact) mass is 240 g/mol. The van der Waals surface area contributed by atoms with Gasteiger partial charge in [-0.25, -0.2) is 4.98 Å². The van der Waals surface area contributed by atoms with Crippen molar-refractivity contribution in [3.63, 3.8) is 0 Å². The van der Waals surface area contributed by atoms with Crippen LogP contribution in [0, 0.1) is 6.92 Å². The van der Waals surface area contributed by atoms with Crippen LogP contribution in [-0.4, -0.2) is 14.1 Å². The number of hydrogen-bond acceptors (Lipinski definition) is 2. The minimum absolute atomic E-state index is 0.551. The first-order valence-corrected chi connectivity index (χ1v) is 5.93. The highest BCUT2D eigenvalue weighted by Gasteiger charge is 2.15. The highest BCUT2D eigenvalue weighted by atomic mass is 15.1. The number of imidazole rings is 1. The summed E-state index contributed by atoms with van der Waals surface area (Å²) in [7, 11) is 3.99. The van der Waals surface area contributed by atoms with Crippen molar-refractivity contribution in [2.75, 3.05) is 5.73 Å². The first kappa shape index (κ1) is 10.9. The Morgan fingerprint density at radius 1 is 1.17 bits per heavy atom. The summed E-state index contributed by atoms with van der Waals surface area (Å²) in [5.74, 6) is 0.551. The Bertz CT molecular complexity index is 734. The summed E-state index contributed by atoms with van der Waals surface area (Å²) < 4.78 is 4.03. The third-order valence-electron chi connectivity index (χ3n) is 3.57. The van der Waals surface area contributed by atoms with E-state index < -0.39 is 0 Å². The molecule has 2 aromatic heterocycles. The van der Waals surface area contributed by atoms with E-state index in [4.69, 9.17) is 5.73 Å². The van der Waals surface area contributed by atoms with Crippen molar-refractivity contribution in [3.8, 4) is 11.3 Å². The molecule has 2 N–H and O–H groups in total. The molecule has 0 aliphatic carbocycles. The number of hydrogen-bond donors (Lipinski definition) is 1. The number of rotatable bonds is 1. The number of nitrogens with zero attached hydrogens (tertiary/aromatic N) is 3. The third-order valence-corrected chi connectivity index (χ3v) is 3.57. The zero-order chi connectivity index (χ0) is 12.9. The summed E-state index contributed by atoms with van der Waals surface area (Å²) in [4.78, 5) is 4.47. The van der Waals surface area contributed by atoms with Crippen molar-refractivity contribution in [1.29, 1.82) is 0 Å². The Hall–Kier alpha value is -2.23. The van der Waals surface area contributed by atoms with Gasteiger partial charge in [0.05, 0.1) is 5.69 Å². The Morgan fingerprint density at radius 3 is 2.56 bits per heavy atom. The molecule has 4 heteroatoms. The minimum Gasteiger partial charge on any atom is -0.369 e. The zero-order valence-corrected chi connectivity index (χ0v) is 10.8. The van der Waals surface area contributed by atoms with E-state index in [1.807, 2.05) is 37.7 Å². The van der Waals surface area contributed by atoms with Gasteiger partial charge in [-0.05, 0) is 13.0 Å². The van der Waals surface area contributed by atoms with Crippen molar-refractivity contribution in [1.82, 2.24) is 14.1 Å². The molecule has 3 aromatic rings. The molecule has 4 nitrogen and oxygen atoms in total. The quantitative estimate of drug-likeness (QED) is 0.710. The maximum Gasteiger partial charge on any atom is 0.200 e. The van der Waals surface area contributed by atoms with Crippen LogP contribution in [-0.2, 0) is 14.1 Å².